The Balaban J connectivity index is 2.72. The van der Waals surface area contributed by atoms with Gasteiger partial charge in [-0.25, -0.2) is 13.5 Å². The number of hydrogen-bond donors (Lipinski definition) is 1. The van der Waals surface area contributed by atoms with Crippen molar-refractivity contribution in [1.82, 2.24) is 9.78 Å². The zero-order valence-electron chi connectivity index (χ0n) is 11.3. The van der Waals surface area contributed by atoms with Gasteiger partial charge in [-0.3, -0.25) is 4.79 Å². The third-order valence-corrected chi connectivity index (χ3v) is 2.82. The number of aliphatic hydroxyl groups is 1. The molecular weight excluding hydrogens is 266 g/mol. The Kier molecular flexibility index (Phi) is 3.43. The lowest BCUT2D eigenvalue weighted by molar-refractivity contribution is 0.0709. The average molecular weight is 280 g/mol. The molecular formula is C14H14F2N2O2. The van der Waals surface area contributed by atoms with Crippen LogP contribution in [0.25, 0.3) is 5.69 Å². The Morgan fingerprint density at radius 3 is 2.45 bits per heavy atom. The maximum Gasteiger partial charge on any atom is 0.206 e. The molecule has 4 nitrogen and oxygen atoms in total. The van der Waals surface area contributed by atoms with Gasteiger partial charge in [0.05, 0.1) is 0 Å². The van der Waals surface area contributed by atoms with E-state index < -0.39 is 22.7 Å². The van der Waals surface area contributed by atoms with Crippen LogP contribution in [0.3, 0.4) is 0 Å². The van der Waals surface area contributed by atoms with Gasteiger partial charge in [-0.15, -0.1) is 0 Å². The lowest BCUT2D eigenvalue weighted by atomic mass is 10.0. The topological polar surface area (TPSA) is 55.1 Å². The van der Waals surface area contributed by atoms with Gasteiger partial charge in [-0.2, -0.15) is 5.10 Å². The van der Waals surface area contributed by atoms with E-state index in [0.717, 1.165) is 12.1 Å². The van der Waals surface area contributed by atoms with E-state index in [1.807, 2.05) is 0 Å². The first-order valence-corrected chi connectivity index (χ1v) is 5.99. The van der Waals surface area contributed by atoms with Gasteiger partial charge in [0.25, 0.3) is 0 Å². The number of benzene rings is 1. The molecule has 20 heavy (non-hydrogen) atoms. The highest BCUT2D eigenvalue weighted by molar-refractivity contribution is 5.35. The third kappa shape index (κ3) is 2.60. The number of halogens is 2. The van der Waals surface area contributed by atoms with Gasteiger partial charge in [-0.1, -0.05) is 0 Å². The normalized spacial score (nSPS) is 11.7. The predicted octanol–water partition coefficient (Wildman–Crippen LogP) is 2.05. The van der Waals surface area contributed by atoms with Gasteiger partial charge in [0.2, 0.25) is 5.43 Å². The molecule has 6 heteroatoms. The number of aryl methyl sites for hydroxylation is 1. The van der Waals surface area contributed by atoms with Gasteiger partial charge in [0.1, 0.15) is 22.8 Å². The van der Waals surface area contributed by atoms with Crippen LogP contribution in [-0.4, -0.2) is 14.9 Å². The van der Waals surface area contributed by atoms with Crippen LogP contribution >= 0.6 is 0 Å². The smallest absolute Gasteiger partial charge is 0.206 e. The lowest BCUT2D eigenvalue weighted by Crippen LogP contribution is -2.30. The molecule has 0 aliphatic carbocycles. The van der Waals surface area contributed by atoms with Crippen molar-refractivity contribution in [2.75, 3.05) is 0 Å². The Bertz CT molecular complexity index is 718. The summed E-state index contributed by atoms with van der Waals surface area (Å²) in [5.74, 6) is -1.50. The second-order valence-corrected chi connectivity index (χ2v) is 5.07. The predicted molar refractivity (Wildman–Crippen MR) is 69.7 cm³/mol. The van der Waals surface area contributed by atoms with Crippen LogP contribution in [0.5, 0.6) is 0 Å². The lowest BCUT2D eigenvalue weighted by Gasteiger charge is -2.18. The fourth-order valence-electron chi connectivity index (χ4n) is 1.87. The van der Waals surface area contributed by atoms with Crippen molar-refractivity contribution in [3.63, 3.8) is 0 Å². The summed E-state index contributed by atoms with van der Waals surface area (Å²) in [6.45, 7) is 4.40. The molecule has 0 bridgehead atoms. The molecule has 106 valence electrons. The SMILES string of the molecule is Cc1cc(=O)c(C(C)(C)O)nn1-c1ccc(F)cc1F. The minimum atomic E-state index is -1.46. The van der Waals surface area contributed by atoms with Crippen LogP contribution in [0.1, 0.15) is 25.2 Å². The van der Waals surface area contributed by atoms with Crippen LogP contribution in [0, 0.1) is 18.6 Å². The second-order valence-electron chi connectivity index (χ2n) is 5.07. The Hall–Kier alpha value is -2.08. The first kappa shape index (κ1) is 14.3. The summed E-state index contributed by atoms with van der Waals surface area (Å²) in [6.07, 6.45) is 0. The van der Waals surface area contributed by atoms with Crippen molar-refractivity contribution in [3.8, 4) is 5.69 Å². The first-order valence-electron chi connectivity index (χ1n) is 5.99. The van der Waals surface area contributed by atoms with E-state index in [0.29, 0.717) is 5.69 Å². The van der Waals surface area contributed by atoms with Crippen molar-refractivity contribution in [1.29, 1.82) is 0 Å². The number of nitrogens with zero attached hydrogens (tertiary/aromatic N) is 2. The van der Waals surface area contributed by atoms with Crippen molar-refractivity contribution in [2.24, 2.45) is 0 Å². The molecule has 1 aromatic heterocycles. The quantitative estimate of drug-likeness (QED) is 0.916. The van der Waals surface area contributed by atoms with Crippen LogP contribution < -0.4 is 5.43 Å². The standard InChI is InChI=1S/C14H14F2N2O2/c1-8-6-12(19)13(14(2,3)20)17-18(8)11-5-4-9(15)7-10(11)16/h4-7,20H,1-3H3. The van der Waals surface area contributed by atoms with E-state index in [2.05, 4.69) is 5.10 Å². The van der Waals surface area contributed by atoms with Gasteiger partial charge in [0.15, 0.2) is 5.82 Å². The molecule has 2 rings (SSSR count). The van der Waals surface area contributed by atoms with E-state index in [1.165, 1.54) is 30.7 Å². The van der Waals surface area contributed by atoms with Gasteiger partial charge in [-0.05, 0) is 32.9 Å². The van der Waals surface area contributed by atoms with Crippen LogP contribution in [0.4, 0.5) is 8.78 Å². The van der Waals surface area contributed by atoms with E-state index >= 15 is 0 Å². The maximum atomic E-state index is 13.8. The highest BCUT2D eigenvalue weighted by Crippen LogP contribution is 2.18. The summed E-state index contributed by atoms with van der Waals surface area (Å²) < 4.78 is 27.9. The molecule has 0 fully saturated rings. The molecule has 0 amide bonds. The molecule has 0 saturated carbocycles. The van der Waals surface area contributed by atoms with E-state index in [4.69, 9.17) is 0 Å². The average Bonchev–Trinajstić information content (AvgIpc) is 2.28. The van der Waals surface area contributed by atoms with Crippen LogP contribution in [0.2, 0.25) is 0 Å². The molecule has 0 radical (unpaired) electrons. The number of aromatic nitrogens is 2. The third-order valence-electron chi connectivity index (χ3n) is 2.82. The Morgan fingerprint density at radius 1 is 1.25 bits per heavy atom. The summed E-state index contributed by atoms with van der Waals surface area (Å²) in [7, 11) is 0. The summed E-state index contributed by atoms with van der Waals surface area (Å²) in [4.78, 5) is 11.8. The molecule has 0 spiro atoms. The minimum absolute atomic E-state index is 0.00870. The van der Waals surface area contributed by atoms with Crippen molar-refractivity contribution >= 4 is 0 Å². The first-order chi connectivity index (χ1) is 9.20. The zero-order chi connectivity index (χ0) is 15.1. The minimum Gasteiger partial charge on any atom is -0.384 e. The van der Waals surface area contributed by atoms with E-state index in [-0.39, 0.29) is 11.4 Å². The summed E-state index contributed by atoms with van der Waals surface area (Å²) in [5, 5.41) is 13.9. The van der Waals surface area contributed by atoms with Crippen LogP contribution in [0.15, 0.2) is 29.1 Å². The summed E-state index contributed by atoms with van der Waals surface area (Å²) >= 11 is 0. The van der Waals surface area contributed by atoms with Gasteiger partial charge >= 0.3 is 0 Å². The number of hydrogen-bond acceptors (Lipinski definition) is 3. The highest BCUT2D eigenvalue weighted by atomic mass is 19.1. The maximum absolute atomic E-state index is 13.8. The second kappa shape index (κ2) is 4.79. The Labute approximate surface area is 114 Å². The molecule has 1 N–H and O–H groups in total. The summed E-state index contributed by atoms with van der Waals surface area (Å²) in [6, 6.07) is 4.31. The van der Waals surface area contributed by atoms with Gasteiger partial charge < -0.3 is 5.11 Å². The fraction of sp³-hybridized carbons (Fsp3) is 0.286. The zero-order valence-corrected chi connectivity index (χ0v) is 11.3. The largest absolute Gasteiger partial charge is 0.384 e. The summed E-state index contributed by atoms with van der Waals surface area (Å²) in [5.41, 5.74) is -1.60. The van der Waals surface area contributed by atoms with E-state index in [9.17, 15) is 18.7 Å². The van der Waals surface area contributed by atoms with Crippen molar-refractivity contribution in [3.05, 3.63) is 57.5 Å². The molecule has 0 aliphatic rings. The Morgan fingerprint density at radius 2 is 1.90 bits per heavy atom. The van der Waals surface area contributed by atoms with Gasteiger partial charge in [0, 0.05) is 17.8 Å². The van der Waals surface area contributed by atoms with Crippen molar-refractivity contribution in [2.45, 2.75) is 26.4 Å². The van der Waals surface area contributed by atoms with Crippen molar-refractivity contribution < 1.29 is 13.9 Å². The molecule has 0 unspecified atom stereocenters. The highest BCUT2D eigenvalue weighted by Gasteiger charge is 2.23. The van der Waals surface area contributed by atoms with E-state index in [1.54, 1.807) is 6.92 Å². The molecule has 1 heterocycles. The fourth-order valence-corrected chi connectivity index (χ4v) is 1.87. The molecule has 0 saturated heterocycles. The molecule has 1 aromatic carbocycles. The molecule has 2 aromatic rings. The van der Waals surface area contributed by atoms with Crippen LogP contribution in [-0.2, 0) is 5.60 Å². The molecule has 0 atom stereocenters. The monoisotopic (exact) mass is 280 g/mol. The number of rotatable bonds is 2. The molecule has 0 aliphatic heterocycles.